The fraction of sp³-hybridized carbons (Fsp3) is 0.500. The molecule has 1 saturated carbocycles. The average molecular weight is 179 g/mol. The zero-order chi connectivity index (χ0) is 9.42. The van der Waals surface area contributed by atoms with E-state index in [0.717, 1.165) is 5.69 Å². The van der Waals surface area contributed by atoms with Gasteiger partial charge in [-0.1, -0.05) is 0 Å². The Morgan fingerprint density at radius 2 is 2.38 bits per heavy atom. The first-order valence-corrected chi connectivity index (χ1v) is 4.33. The zero-order valence-electron chi connectivity index (χ0n) is 7.33. The monoisotopic (exact) mass is 179 g/mol. The molecule has 1 aliphatic carbocycles. The van der Waals surface area contributed by atoms with E-state index in [1.165, 1.54) is 12.8 Å². The van der Waals surface area contributed by atoms with E-state index in [2.05, 4.69) is 5.10 Å². The average Bonchev–Trinajstić information content (AvgIpc) is 2.79. The van der Waals surface area contributed by atoms with Crippen LogP contribution in [0.3, 0.4) is 0 Å². The number of hydrogen-bond donors (Lipinski definition) is 3. The Kier molecular flexibility index (Phi) is 1.72. The molecule has 70 valence electrons. The van der Waals surface area contributed by atoms with E-state index in [0.29, 0.717) is 18.3 Å². The van der Waals surface area contributed by atoms with Gasteiger partial charge in [0.25, 0.3) is 0 Å². The predicted octanol–water partition coefficient (Wildman–Crippen LogP) is 0.279. The lowest BCUT2D eigenvalue weighted by Crippen LogP contribution is -2.19. The fourth-order valence-corrected chi connectivity index (χ4v) is 1.32. The highest BCUT2D eigenvalue weighted by atomic mass is 15.3. The Morgan fingerprint density at radius 1 is 1.69 bits per heavy atom. The molecule has 5 N–H and O–H groups in total. The van der Waals surface area contributed by atoms with Crippen LogP contribution < -0.4 is 11.5 Å². The molecule has 0 bridgehead atoms. The number of nitrogens with zero attached hydrogens (tertiary/aromatic N) is 2. The maximum Gasteiger partial charge on any atom is 0.122 e. The van der Waals surface area contributed by atoms with Gasteiger partial charge in [0.05, 0.1) is 12.2 Å². The number of aromatic nitrogens is 2. The third-order valence-corrected chi connectivity index (χ3v) is 2.15. The molecule has 1 aliphatic rings. The van der Waals surface area contributed by atoms with E-state index in [1.807, 2.05) is 6.07 Å². The van der Waals surface area contributed by atoms with Crippen molar-refractivity contribution in [3.63, 3.8) is 0 Å². The summed E-state index contributed by atoms with van der Waals surface area (Å²) in [5.41, 5.74) is 12.0. The molecule has 1 aromatic rings. The summed E-state index contributed by atoms with van der Waals surface area (Å²) in [6, 6.07) is 1.88. The van der Waals surface area contributed by atoms with Crippen LogP contribution in [0.15, 0.2) is 6.07 Å². The summed E-state index contributed by atoms with van der Waals surface area (Å²) >= 11 is 0. The Morgan fingerprint density at radius 3 is 2.92 bits per heavy atom. The Bertz CT molecular complexity index is 336. The standard InChI is InChI=1S/C8H13N5/c9-7(10)4-13-8(11)3-6(12-13)5-1-2-5/h3,5H,1-2,4,11H2,(H3,9,10). The van der Waals surface area contributed by atoms with Gasteiger partial charge >= 0.3 is 0 Å². The van der Waals surface area contributed by atoms with Crippen molar-refractivity contribution in [2.24, 2.45) is 5.73 Å². The summed E-state index contributed by atoms with van der Waals surface area (Å²) in [5.74, 6) is 1.27. The molecule has 0 unspecified atom stereocenters. The fourth-order valence-electron chi connectivity index (χ4n) is 1.32. The van der Waals surface area contributed by atoms with Crippen LogP contribution >= 0.6 is 0 Å². The predicted molar refractivity (Wildman–Crippen MR) is 50.5 cm³/mol. The molecular weight excluding hydrogens is 166 g/mol. The second kappa shape index (κ2) is 2.76. The van der Waals surface area contributed by atoms with Crippen molar-refractivity contribution < 1.29 is 0 Å². The molecule has 1 heterocycles. The molecule has 1 aromatic heterocycles. The summed E-state index contributed by atoms with van der Waals surface area (Å²) in [6.45, 7) is 0.290. The number of nitrogens with two attached hydrogens (primary N) is 2. The highest BCUT2D eigenvalue weighted by Gasteiger charge is 2.26. The van der Waals surface area contributed by atoms with Crippen molar-refractivity contribution in [1.29, 1.82) is 5.41 Å². The molecule has 0 radical (unpaired) electrons. The second-order valence-electron chi connectivity index (χ2n) is 3.45. The summed E-state index contributed by atoms with van der Waals surface area (Å²) in [7, 11) is 0. The van der Waals surface area contributed by atoms with Crippen LogP contribution in [0.2, 0.25) is 0 Å². The van der Waals surface area contributed by atoms with E-state index in [4.69, 9.17) is 16.9 Å². The van der Waals surface area contributed by atoms with Gasteiger partial charge < -0.3 is 11.5 Å². The minimum absolute atomic E-state index is 0.0807. The van der Waals surface area contributed by atoms with Crippen LogP contribution in [-0.4, -0.2) is 15.6 Å². The third kappa shape index (κ3) is 1.63. The summed E-state index contributed by atoms with van der Waals surface area (Å²) < 4.78 is 1.58. The molecule has 1 fully saturated rings. The van der Waals surface area contributed by atoms with Gasteiger partial charge in [-0.25, -0.2) is 4.68 Å². The van der Waals surface area contributed by atoms with E-state index in [9.17, 15) is 0 Å². The Balaban J connectivity index is 2.19. The summed E-state index contributed by atoms with van der Waals surface area (Å²) in [5, 5.41) is 11.4. The van der Waals surface area contributed by atoms with Gasteiger partial charge in [0, 0.05) is 12.0 Å². The number of anilines is 1. The van der Waals surface area contributed by atoms with E-state index < -0.39 is 0 Å². The van der Waals surface area contributed by atoms with Crippen LogP contribution in [0.25, 0.3) is 0 Å². The van der Waals surface area contributed by atoms with Crippen molar-refractivity contribution >= 4 is 11.7 Å². The Hall–Kier alpha value is -1.52. The minimum Gasteiger partial charge on any atom is -0.386 e. The summed E-state index contributed by atoms with van der Waals surface area (Å²) in [4.78, 5) is 0. The lowest BCUT2D eigenvalue weighted by molar-refractivity contribution is 0.709. The molecule has 0 amide bonds. The quantitative estimate of drug-likeness (QED) is 0.459. The van der Waals surface area contributed by atoms with Crippen molar-refractivity contribution in [3.8, 4) is 0 Å². The SMILES string of the molecule is N=C(N)Cn1nc(C2CC2)cc1N. The first-order valence-electron chi connectivity index (χ1n) is 4.33. The molecule has 0 aliphatic heterocycles. The van der Waals surface area contributed by atoms with Gasteiger partial charge in [-0.15, -0.1) is 0 Å². The number of nitrogen functional groups attached to an aromatic ring is 1. The lowest BCUT2D eigenvalue weighted by Gasteiger charge is -2.00. The molecule has 2 rings (SSSR count). The van der Waals surface area contributed by atoms with Gasteiger partial charge in [0.2, 0.25) is 0 Å². The van der Waals surface area contributed by atoms with Crippen LogP contribution in [0.4, 0.5) is 5.82 Å². The largest absolute Gasteiger partial charge is 0.386 e. The first kappa shape index (κ1) is 8.10. The highest BCUT2D eigenvalue weighted by molar-refractivity contribution is 5.76. The number of rotatable bonds is 3. The molecule has 13 heavy (non-hydrogen) atoms. The molecule has 0 aromatic carbocycles. The maximum atomic E-state index is 7.12. The lowest BCUT2D eigenvalue weighted by atomic mass is 10.3. The molecular formula is C8H13N5. The zero-order valence-corrected chi connectivity index (χ0v) is 7.33. The summed E-state index contributed by atoms with van der Waals surface area (Å²) in [6.07, 6.45) is 2.41. The van der Waals surface area contributed by atoms with E-state index >= 15 is 0 Å². The van der Waals surface area contributed by atoms with Crippen molar-refractivity contribution in [3.05, 3.63) is 11.8 Å². The third-order valence-electron chi connectivity index (χ3n) is 2.15. The second-order valence-corrected chi connectivity index (χ2v) is 3.45. The number of nitrogens with one attached hydrogen (secondary N) is 1. The normalized spacial score (nSPS) is 16.0. The van der Waals surface area contributed by atoms with Crippen molar-refractivity contribution in [1.82, 2.24) is 9.78 Å². The highest BCUT2D eigenvalue weighted by Crippen LogP contribution is 2.39. The molecule has 0 saturated heterocycles. The molecule has 5 nitrogen and oxygen atoms in total. The topological polar surface area (TPSA) is 93.7 Å². The van der Waals surface area contributed by atoms with Gasteiger partial charge in [0.1, 0.15) is 11.7 Å². The van der Waals surface area contributed by atoms with Gasteiger partial charge in [-0.3, -0.25) is 5.41 Å². The minimum atomic E-state index is 0.0807. The van der Waals surface area contributed by atoms with E-state index in [-0.39, 0.29) is 5.84 Å². The van der Waals surface area contributed by atoms with Crippen LogP contribution in [0.1, 0.15) is 24.5 Å². The van der Waals surface area contributed by atoms with Gasteiger partial charge in [-0.05, 0) is 12.8 Å². The van der Waals surface area contributed by atoms with Crippen molar-refractivity contribution in [2.45, 2.75) is 25.3 Å². The molecule has 5 heteroatoms. The Labute approximate surface area is 76.2 Å². The number of hydrogen-bond acceptors (Lipinski definition) is 3. The van der Waals surface area contributed by atoms with Crippen molar-refractivity contribution in [2.75, 3.05) is 5.73 Å². The molecule has 0 atom stereocenters. The van der Waals surface area contributed by atoms with Crippen LogP contribution in [0, 0.1) is 5.41 Å². The smallest absolute Gasteiger partial charge is 0.122 e. The van der Waals surface area contributed by atoms with Gasteiger partial charge in [-0.2, -0.15) is 5.10 Å². The van der Waals surface area contributed by atoms with E-state index in [1.54, 1.807) is 4.68 Å². The van der Waals surface area contributed by atoms with Crippen LogP contribution in [-0.2, 0) is 6.54 Å². The first-order chi connectivity index (χ1) is 6.16. The molecule has 0 spiro atoms. The number of amidine groups is 1. The maximum absolute atomic E-state index is 7.12. The van der Waals surface area contributed by atoms with Crippen LogP contribution in [0.5, 0.6) is 0 Å². The van der Waals surface area contributed by atoms with Gasteiger partial charge in [0.15, 0.2) is 0 Å².